The molecular formula is C16H18N6O2. The van der Waals surface area contributed by atoms with E-state index in [1.165, 1.54) is 23.2 Å². The second-order valence-corrected chi connectivity index (χ2v) is 5.44. The quantitative estimate of drug-likeness (QED) is 0.363. The van der Waals surface area contributed by atoms with E-state index in [0.717, 1.165) is 29.7 Å². The molecule has 24 heavy (non-hydrogen) atoms. The van der Waals surface area contributed by atoms with Gasteiger partial charge in [0, 0.05) is 6.08 Å². The van der Waals surface area contributed by atoms with Gasteiger partial charge in [0.05, 0.1) is 17.2 Å². The fourth-order valence-corrected chi connectivity index (χ4v) is 2.45. The van der Waals surface area contributed by atoms with Crippen molar-refractivity contribution in [3.63, 3.8) is 0 Å². The van der Waals surface area contributed by atoms with Crippen molar-refractivity contribution in [2.75, 3.05) is 0 Å². The van der Waals surface area contributed by atoms with Crippen LogP contribution in [0.1, 0.15) is 30.4 Å². The Morgan fingerprint density at radius 2 is 2.33 bits per heavy atom. The fourth-order valence-electron chi connectivity index (χ4n) is 2.45. The van der Waals surface area contributed by atoms with Gasteiger partial charge in [-0.15, -0.1) is 5.10 Å². The van der Waals surface area contributed by atoms with E-state index in [1.807, 2.05) is 6.07 Å². The Morgan fingerprint density at radius 1 is 1.46 bits per heavy atom. The number of nitrogens with zero attached hydrogens (tertiary/aromatic N) is 4. The normalized spacial score (nSPS) is 11.4. The maximum Gasteiger partial charge on any atom is 0.267 e. The van der Waals surface area contributed by atoms with Gasteiger partial charge in [-0.05, 0) is 30.2 Å². The molecule has 0 aliphatic carbocycles. The number of aromatic nitrogens is 5. The summed E-state index contributed by atoms with van der Waals surface area (Å²) in [7, 11) is 0. The average molecular weight is 326 g/mol. The molecule has 2 heterocycles. The van der Waals surface area contributed by atoms with E-state index in [9.17, 15) is 4.79 Å². The zero-order valence-corrected chi connectivity index (χ0v) is 13.2. The number of aromatic amines is 1. The number of aryl methyl sites for hydroxylation is 1. The first-order valence-electron chi connectivity index (χ1n) is 7.67. The van der Waals surface area contributed by atoms with Gasteiger partial charge in [-0.3, -0.25) is 10.0 Å². The molecule has 0 aliphatic heterocycles. The van der Waals surface area contributed by atoms with E-state index in [1.54, 1.807) is 10.9 Å². The topological polar surface area (TPSA) is 109 Å². The Hall–Kier alpha value is -3.00. The number of nitrogens with one attached hydrogen (secondary N) is 2. The molecule has 0 bridgehead atoms. The number of hydrogen-bond acceptors (Lipinski definition) is 5. The lowest BCUT2D eigenvalue weighted by atomic mass is 10.1. The molecule has 0 fully saturated rings. The number of fused-ring (bicyclic) bond motifs is 1. The maximum absolute atomic E-state index is 10.9. The lowest BCUT2D eigenvalue weighted by Crippen LogP contribution is -2.14. The summed E-state index contributed by atoms with van der Waals surface area (Å²) in [6.45, 7) is 2.61. The van der Waals surface area contributed by atoms with Gasteiger partial charge >= 0.3 is 0 Å². The first kappa shape index (κ1) is 15.9. The van der Waals surface area contributed by atoms with Crippen LogP contribution in [0.4, 0.5) is 0 Å². The lowest BCUT2D eigenvalue weighted by Gasteiger charge is -1.96. The van der Waals surface area contributed by atoms with E-state index in [2.05, 4.69) is 39.3 Å². The Kier molecular flexibility index (Phi) is 4.66. The van der Waals surface area contributed by atoms with Crippen LogP contribution < -0.4 is 5.48 Å². The molecule has 0 unspecified atom stereocenters. The highest BCUT2D eigenvalue weighted by atomic mass is 16.5. The second-order valence-electron chi connectivity index (χ2n) is 5.44. The summed E-state index contributed by atoms with van der Waals surface area (Å²) in [5.41, 5.74) is 5.25. The molecule has 0 saturated carbocycles. The van der Waals surface area contributed by atoms with Crippen LogP contribution in [0.2, 0.25) is 0 Å². The lowest BCUT2D eigenvalue weighted by molar-refractivity contribution is -0.124. The zero-order valence-electron chi connectivity index (χ0n) is 13.2. The number of imidazole rings is 1. The Bertz CT molecular complexity index is 880. The summed E-state index contributed by atoms with van der Waals surface area (Å²) in [5, 5.41) is 16.4. The third-order valence-corrected chi connectivity index (χ3v) is 3.52. The molecule has 3 rings (SSSR count). The molecule has 0 saturated heterocycles. The van der Waals surface area contributed by atoms with Gasteiger partial charge in [-0.2, -0.15) is 0 Å². The van der Waals surface area contributed by atoms with Crippen molar-refractivity contribution in [2.45, 2.75) is 26.3 Å². The number of H-pyrrole nitrogens is 1. The van der Waals surface area contributed by atoms with Crippen LogP contribution in [0.3, 0.4) is 0 Å². The van der Waals surface area contributed by atoms with Crippen LogP contribution in [-0.2, 0) is 17.8 Å². The van der Waals surface area contributed by atoms with Gasteiger partial charge in [-0.25, -0.2) is 15.1 Å². The van der Waals surface area contributed by atoms with Crippen molar-refractivity contribution in [1.29, 1.82) is 0 Å². The largest absolute Gasteiger partial charge is 0.340 e. The number of hydroxylamine groups is 1. The average Bonchev–Trinajstić information content (AvgIpc) is 3.19. The molecule has 0 spiro atoms. The van der Waals surface area contributed by atoms with Crippen molar-refractivity contribution in [3.8, 4) is 0 Å². The first-order valence-corrected chi connectivity index (χ1v) is 7.67. The smallest absolute Gasteiger partial charge is 0.267 e. The minimum Gasteiger partial charge on any atom is -0.340 e. The second kappa shape index (κ2) is 7.05. The van der Waals surface area contributed by atoms with Gasteiger partial charge in [0.15, 0.2) is 0 Å². The molecule has 3 N–H and O–H groups in total. The van der Waals surface area contributed by atoms with E-state index in [0.29, 0.717) is 12.2 Å². The van der Waals surface area contributed by atoms with Crippen molar-refractivity contribution in [3.05, 3.63) is 47.6 Å². The molecule has 124 valence electrons. The van der Waals surface area contributed by atoms with Gasteiger partial charge in [0.1, 0.15) is 18.1 Å². The molecule has 1 amide bonds. The Morgan fingerprint density at radius 3 is 3.12 bits per heavy atom. The highest BCUT2D eigenvalue weighted by molar-refractivity contribution is 5.90. The predicted octanol–water partition coefficient (Wildman–Crippen LogP) is 1.67. The van der Waals surface area contributed by atoms with Gasteiger partial charge < -0.3 is 4.98 Å². The number of carbonyl (C=O) groups excluding carboxylic acids is 1. The Labute approximate surface area is 138 Å². The van der Waals surface area contributed by atoms with Crippen molar-refractivity contribution in [1.82, 2.24) is 30.4 Å². The van der Waals surface area contributed by atoms with Crippen molar-refractivity contribution < 1.29 is 10.0 Å². The maximum atomic E-state index is 10.9. The minimum atomic E-state index is -0.621. The zero-order chi connectivity index (χ0) is 16.9. The fraction of sp³-hybridized carbons (Fsp3) is 0.250. The molecule has 3 aromatic rings. The number of carbonyl (C=O) groups is 1. The van der Waals surface area contributed by atoms with E-state index >= 15 is 0 Å². The summed E-state index contributed by atoms with van der Waals surface area (Å²) in [5.74, 6) is 0.164. The van der Waals surface area contributed by atoms with Crippen LogP contribution >= 0.6 is 0 Å². The van der Waals surface area contributed by atoms with E-state index in [-0.39, 0.29) is 0 Å². The minimum absolute atomic E-state index is 0.449. The van der Waals surface area contributed by atoms with Gasteiger partial charge in [0.2, 0.25) is 0 Å². The molecule has 0 radical (unpaired) electrons. The molecular weight excluding hydrogens is 308 g/mol. The summed E-state index contributed by atoms with van der Waals surface area (Å²) in [6.07, 6.45) is 6.48. The van der Waals surface area contributed by atoms with Crippen LogP contribution in [-0.4, -0.2) is 36.1 Å². The number of benzene rings is 1. The van der Waals surface area contributed by atoms with Gasteiger partial charge in [-0.1, -0.05) is 24.6 Å². The standard InChI is InChI=1S/C16H18N6O2/c1-2-3-11-4-6-13-14(8-11)18-15(17-13)10-22-9-12(19-21-22)5-7-16(23)20-24/h4-9,24H,2-3,10H2,1H3,(H,17,18)(H,20,23). The predicted molar refractivity (Wildman–Crippen MR) is 88.2 cm³/mol. The number of amides is 1. The molecule has 8 heteroatoms. The van der Waals surface area contributed by atoms with Crippen LogP contribution in [0, 0.1) is 0 Å². The monoisotopic (exact) mass is 326 g/mol. The van der Waals surface area contributed by atoms with Crippen molar-refractivity contribution >= 4 is 23.0 Å². The van der Waals surface area contributed by atoms with Crippen LogP contribution in [0.25, 0.3) is 17.1 Å². The number of hydrogen-bond donors (Lipinski definition) is 3. The van der Waals surface area contributed by atoms with Crippen LogP contribution in [0.5, 0.6) is 0 Å². The molecule has 0 aliphatic rings. The molecule has 8 nitrogen and oxygen atoms in total. The molecule has 0 atom stereocenters. The van der Waals surface area contributed by atoms with Crippen molar-refractivity contribution in [2.24, 2.45) is 0 Å². The first-order chi connectivity index (χ1) is 11.7. The summed E-state index contributed by atoms with van der Waals surface area (Å²) >= 11 is 0. The van der Waals surface area contributed by atoms with Crippen LogP contribution in [0.15, 0.2) is 30.5 Å². The van der Waals surface area contributed by atoms with E-state index in [4.69, 9.17) is 5.21 Å². The third-order valence-electron chi connectivity index (χ3n) is 3.52. The number of rotatable bonds is 6. The summed E-state index contributed by atoms with van der Waals surface area (Å²) in [6, 6.07) is 6.24. The molecule has 1 aromatic carbocycles. The van der Waals surface area contributed by atoms with E-state index < -0.39 is 5.91 Å². The SMILES string of the molecule is CCCc1ccc2nc(Cn3cc(C=CC(=O)NO)nn3)[nH]c2c1. The summed E-state index contributed by atoms with van der Waals surface area (Å²) in [4.78, 5) is 18.8. The summed E-state index contributed by atoms with van der Waals surface area (Å²) < 4.78 is 1.63. The highest BCUT2D eigenvalue weighted by Gasteiger charge is 2.06. The van der Waals surface area contributed by atoms with Gasteiger partial charge in [0.25, 0.3) is 5.91 Å². The Balaban J connectivity index is 1.74. The highest BCUT2D eigenvalue weighted by Crippen LogP contribution is 2.15. The third kappa shape index (κ3) is 3.66. The molecule has 2 aromatic heterocycles.